The van der Waals surface area contributed by atoms with E-state index in [2.05, 4.69) is 16.9 Å². The molecule has 2 heterocycles. The number of nitrogens with zero attached hydrogens (tertiary/aromatic N) is 2. The van der Waals surface area contributed by atoms with Gasteiger partial charge in [-0.3, -0.25) is 0 Å². The minimum atomic E-state index is 0.0920. The third-order valence-corrected chi connectivity index (χ3v) is 4.65. The van der Waals surface area contributed by atoms with E-state index in [-0.39, 0.29) is 12.1 Å². The third kappa shape index (κ3) is 3.64. The van der Waals surface area contributed by atoms with Crippen molar-refractivity contribution in [2.75, 3.05) is 18.9 Å². The monoisotopic (exact) mass is 291 g/mol. The van der Waals surface area contributed by atoms with E-state index in [1.807, 2.05) is 6.20 Å². The van der Waals surface area contributed by atoms with Crippen LogP contribution in [-0.4, -0.2) is 29.3 Å². The average Bonchev–Trinajstić information content (AvgIpc) is 2.50. The first-order valence-corrected chi connectivity index (χ1v) is 8.09. The number of nitrogen functional groups attached to an aromatic ring is 1. The van der Waals surface area contributed by atoms with Crippen LogP contribution in [0.25, 0.3) is 0 Å². The van der Waals surface area contributed by atoms with E-state index >= 15 is 0 Å². The zero-order valence-corrected chi connectivity index (χ0v) is 12.8. The van der Waals surface area contributed by atoms with Gasteiger partial charge in [-0.15, -0.1) is 0 Å². The molecule has 1 aromatic rings. The molecule has 0 aromatic carbocycles. The Kier molecular flexibility index (Phi) is 4.58. The Hall–Kier alpha value is -1.36. The van der Waals surface area contributed by atoms with E-state index in [0.717, 1.165) is 30.9 Å². The molecular weight excluding hydrogens is 266 g/mol. The number of ether oxygens (including phenoxy) is 2. The maximum absolute atomic E-state index is 6.09. The molecule has 1 aromatic heterocycles. The molecule has 116 valence electrons. The van der Waals surface area contributed by atoms with Crippen LogP contribution in [-0.2, 0) is 4.74 Å². The van der Waals surface area contributed by atoms with Gasteiger partial charge in [0.15, 0.2) is 0 Å². The number of anilines is 1. The van der Waals surface area contributed by atoms with Crippen molar-refractivity contribution < 1.29 is 9.47 Å². The zero-order valence-electron chi connectivity index (χ0n) is 12.8. The van der Waals surface area contributed by atoms with Gasteiger partial charge in [-0.25, -0.2) is 4.98 Å². The molecule has 5 heteroatoms. The van der Waals surface area contributed by atoms with Crippen molar-refractivity contribution in [3.8, 4) is 5.88 Å². The fourth-order valence-electron chi connectivity index (χ4n) is 3.30. The molecule has 2 aliphatic rings. The first kappa shape index (κ1) is 14.6. The van der Waals surface area contributed by atoms with Crippen LogP contribution < -0.4 is 10.5 Å². The van der Waals surface area contributed by atoms with E-state index in [9.17, 15) is 0 Å². The summed E-state index contributed by atoms with van der Waals surface area (Å²) in [7, 11) is 0. The highest BCUT2D eigenvalue weighted by Gasteiger charge is 2.25. The second kappa shape index (κ2) is 6.60. The molecule has 1 saturated carbocycles. The lowest BCUT2D eigenvalue weighted by molar-refractivity contribution is 0.00481. The summed E-state index contributed by atoms with van der Waals surface area (Å²) in [6, 6.07) is 0. The van der Waals surface area contributed by atoms with Crippen LogP contribution in [0, 0.1) is 5.92 Å². The Balaban J connectivity index is 1.76. The fraction of sp³-hybridized carbons (Fsp3) is 0.750. The quantitative estimate of drug-likeness (QED) is 0.927. The minimum Gasteiger partial charge on any atom is -0.472 e. The molecule has 0 radical (unpaired) electrons. The number of aromatic nitrogens is 2. The summed E-state index contributed by atoms with van der Waals surface area (Å²) in [5, 5.41) is 0. The predicted molar refractivity (Wildman–Crippen MR) is 81.3 cm³/mol. The average molecular weight is 291 g/mol. The zero-order chi connectivity index (χ0) is 14.7. The van der Waals surface area contributed by atoms with Crippen LogP contribution in [0.4, 0.5) is 5.95 Å². The van der Waals surface area contributed by atoms with Crippen LogP contribution in [0.15, 0.2) is 6.20 Å². The normalized spacial score (nSPS) is 30.0. The Morgan fingerprint density at radius 2 is 2.05 bits per heavy atom. The molecule has 5 nitrogen and oxygen atoms in total. The summed E-state index contributed by atoms with van der Waals surface area (Å²) in [6.45, 7) is 3.80. The molecule has 0 amide bonds. The summed E-state index contributed by atoms with van der Waals surface area (Å²) in [6.07, 6.45) is 8.92. The lowest BCUT2D eigenvalue weighted by atomic mass is 9.80. The highest BCUT2D eigenvalue weighted by atomic mass is 16.5. The van der Waals surface area contributed by atoms with Gasteiger partial charge in [0.25, 0.3) is 0 Å². The van der Waals surface area contributed by atoms with Crippen LogP contribution >= 0.6 is 0 Å². The number of hydrogen-bond donors (Lipinski definition) is 1. The van der Waals surface area contributed by atoms with Crippen LogP contribution in [0.1, 0.15) is 56.9 Å². The lowest BCUT2D eigenvalue weighted by Crippen LogP contribution is -2.29. The van der Waals surface area contributed by atoms with Crippen LogP contribution in [0.3, 0.4) is 0 Å². The summed E-state index contributed by atoms with van der Waals surface area (Å²) in [5.74, 6) is 2.29. The van der Waals surface area contributed by atoms with Crippen molar-refractivity contribution >= 4 is 5.95 Å². The molecule has 1 aliphatic carbocycles. The third-order valence-electron chi connectivity index (χ3n) is 4.65. The second-order valence-corrected chi connectivity index (χ2v) is 6.40. The largest absolute Gasteiger partial charge is 0.472 e. The van der Waals surface area contributed by atoms with E-state index in [0.29, 0.717) is 18.4 Å². The van der Waals surface area contributed by atoms with E-state index in [1.165, 1.54) is 25.7 Å². The summed E-state index contributed by atoms with van der Waals surface area (Å²) in [4.78, 5) is 8.53. The molecule has 1 atom stereocenters. The van der Waals surface area contributed by atoms with E-state index in [1.54, 1.807) is 0 Å². The lowest BCUT2D eigenvalue weighted by Gasteiger charge is -2.29. The first-order valence-electron chi connectivity index (χ1n) is 8.09. The van der Waals surface area contributed by atoms with Crippen molar-refractivity contribution in [3.05, 3.63) is 11.8 Å². The highest BCUT2D eigenvalue weighted by Crippen LogP contribution is 2.39. The number of nitrogens with two attached hydrogens (primary N) is 1. The standard InChI is InChI=1S/C16H25N3O2/c1-11-4-6-12(7-5-11)14-9-18-16(17)19-15(14)21-13-3-2-8-20-10-13/h9,11-13H,2-8,10H2,1H3,(H2,17,18,19). The molecule has 1 saturated heterocycles. The van der Waals surface area contributed by atoms with Crippen molar-refractivity contribution in [2.45, 2.75) is 57.5 Å². The van der Waals surface area contributed by atoms with Gasteiger partial charge in [0, 0.05) is 18.4 Å². The molecule has 21 heavy (non-hydrogen) atoms. The van der Waals surface area contributed by atoms with Gasteiger partial charge in [0.05, 0.1) is 6.61 Å². The Labute approximate surface area is 126 Å². The van der Waals surface area contributed by atoms with Gasteiger partial charge in [-0.1, -0.05) is 19.8 Å². The summed E-state index contributed by atoms with van der Waals surface area (Å²) < 4.78 is 11.6. The summed E-state index contributed by atoms with van der Waals surface area (Å²) in [5.41, 5.74) is 6.88. The fourth-order valence-corrected chi connectivity index (χ4v) is 3.30. The first-order chi connectivity index (χ1) is 10.2. The van der Waals surface area contributed by atoms with Crippen molar-refractivity contribution in [1.82, 2.24) is 9.97 Å². The maximum Gasteiger partial charge on any atom is 0.223 e. The van der Waals surface area contributed by atoms with Gasteiger partial charge >= 0.3 is 0 Å². The SMILES string of the molecule is CC1CCC(c2cnc(N)nc2OC2CCCOC2)CC1. The van der Waals surface area contributed by atoms with E-state index < -0.39 is 0 Å². The molecule has 1 unspecified atom stereocenters. The highest BCUT2D eigenvalue weighted by molar-refractivity contribution is 5.33. The Bertz CT molecular complexity index is 467. The van der Waals surface area contributed by atoms with Gasteiger partial charge in [0.2, 0.25) is 11.8 Å². The summed E-state index contributed by atoms with van der Waals surface area (Å²) >= 11 is 0. The molecule has 0 bridgehead atoms. The molecule has 1 aliphatic heterocycles. The van der Waals surface area contributed by atoms with Crippen molar-refractivity contribution in [1.29, 1.82) is 0 Å². The van der Waals surface area contributed by atoms with Crippen molar-refractivity contribution in [3.63, 3.8) is 0 Å². The van der Waals surface area contributed by atoms with Crippen molar-refractivity contribution in [2.24, 2.45) is 5.92 Å². The van der Waals surface area contributed by atoms with Crippen LogP contribution in [0.5, 0.6) is 5.88 Å². The molecule has 2 fully saturated rings. The topological polar surface area (TPSA) is 70.3 Å². The Morgan fingerprint density at radius 3 is 2.76 bits per heavy atom. The predicted octanol–water partition coefficient (Wildman–Crippen LogP) is 2.91. The Morgan fingerprint density at radius 1 is 1.24 bits per heavy atom. The van der Waals surface area contributed by atoms with Crippen LogP contribution in [0.2, 0.25) is 0 Å². The molecule has 0 spiro atoms. The smallest absolute Gasteiger partial charge is 0.223 e. The molecular formula is C16H25N3O2. The van der Waals surface area contributed by atoms with Gasteiger partial charge in [-0.2, -0.15) is 4.98 Å². The number of rotatable bonds is 3. The maximum atomic E-state index is 6.09. The van der Waals surface area contributed by atoms with Gasteiger partial charge in [0.1, 0.15) is 6.10 Å². The molecule has 3 rings (SSSR count). The van der Waals surface area contributed by atoms with Gasteiger partial charge < -0.3 is 15.2 Å². The minimum absolute atomic E-state index is 0.0920. The number of hydrogen-bond acceptors (Lipinski definition) is 5. The van der Waals surface area contributed by atoms with Gasteiger partial charge in [-0.05, 0) is 37.5 Å². The second-order valence-electron chi connectivity index (χ2n) is 6.40. The molecule has 2 N–H and O–H groups in total. The van der Waals surface area contributed by atoms with E-state index in [4.69, 9.17) is 15.2 Å².